The number of nitrogens with one attached hydrogen (secondary N) is 1. The fraction of sp³-hybridized carbons (Fsp3) is 0.150. The number of aromatic amines is 1. The van der Waals surface area contributed by atoms with Crippen molar-refractivity contribution < 1.29 is 19.1 Å². The fourth-order valence-corrected chi connectivity index (χ4v) is 2.98. The first-order chi connectivity index (χ1) is 12.8. The Morgan fingerprint density at radius 3 is 2.22 bits per heavy atom. The SMILES string of the molecule is CC(=O)Cc1ccc(Oc2ccc3c(C(N)=O)c(CC(N)=O)[nH]c3c2)cc1. The summed E-state index contributed by atoms with van der Waals surface area (Å²) in [5.74, 6) is 0.0571. The molecule has 138 valence electrons. The molecule has 1 heterocycles. The number of amides is 2. The molecule has 2 aromatic carbocycles. The molecule has 7 nitrogen and oxygen atoms in total. The summed E-state index contributed by atoms with van der Waals surface area (Å²) in [5, 5.41) is 0.600. The van der Waals surface area contributed by atoms with E-state index in [4.69, 9.17) is 16.2 Å². The average Bonchev–Trinajstić information content (AvgIpc) is 2.92. The number of carbonyl (C=O) groups is 3. The van der Waals surface area contributed by atoms with Gasteiger partial charge in [0.25, 0.3) is 5.91 Å². The molecule has 2 amide bonds. The molecule has 0 radical (unpaired) electrons. The van der Waals surface area contributed by atoms with Crippen molar-refractivity contribution in [1.82, 2.24) is 4.98 Å². The minimum Gasteiger partial charge on any atom is -0.457 e. The molecular weight excluding hydrogens is 346 g/mol. The predicted molar refractivity (Wildman–Crippen MR) is 101 cm³/mol. The van der Waals surface area contributed by atoms with Crippen LogP contribution in [0.25, 0.3) is 10.9 Å². The molecule has 7 heteroatoms. The Labute approximate surface area is 155 Å². The highest BCUT2D eigenvalue weighted by molar-refractivity contribution is 6.08. The first-order valence-corrected chi connectivity index (χ1v) is 8.32. The second-order valence-electron chi connectivity index (χ2n) is 6.32. The van der Waals surface area contributed by atoms with Gasteiger partial charge in [0, 0.05) is 23.6 Å². The summed E-state index contributed by atoms with van der Waals surface area (Å²) >= 11 is 0. The molecule has 0 aliphatic carbocycles. The summed E-state index contributed by atoms with van der Waals surface area (Å²) in [5.41, 5.74) is 12.8. The number of primary amides is 2. The number of ketones is 1. The van der Waals surface area contributed by atoms with Crippen molar-refractivity contribution in [2.45, 2.75) is 19.8 Å². The standard InChI is InChI=1S/C20H19N3O4/c1-11(24)8-12-2-4-13(5-3-12)27-14-6-7-15-16(9-14)23-17(10-18(21)25)19(15)20(22)26/h2-7,9,23H,8,10H2,1H3,(H2,21,25)(H2,22,26). The molecule has 0 spiro atoms. The van der Waals surface area contributed by atoms with Gasteiger partial charge in [-0.05, 0) is 36.8 Å². The number of carbonyl (C=O) groups excluding carboxylic acids is 3. The molecule has 0 bridgehead atoms. The summed E-state index contributed by atoms with van der Waals surface area (Å²) in [6, 6.07) is 12.4. The molecule has 0 saturated heterocycles. The van der Waals surface area contributed by atoms with Crippen molar-refractivity contribution >= 4 is 28.5 Å². The van der Waals surface area contributed by atoms with Crippen LogP contribution < -0.4 is 16.2 Å². The van der Waals surface area contributed by atoms with Crippen LogP contribution in [0.5, 0.6) is 11.5 Å². The highest BCUT2D eigenvalue weighted by Crippen LogP contribution is 2.29. The van der Waals surface area contributed by atoms with Gasteiger partial charge in [-0.15, -0.1) is 0 Å². The Bertz CT molecular complexity index is 1040. The van der Waals surface area contributed by atoms with Gasteiger partial charge in [-0.3, -0.25) is 14.4 Å². The lowest BCUT2D eigenvalue weighted by Gasteiger charge is -2.07. The van der Waals surface area contributed by atoms with Gasteiger partial charge < -0.3 is 21.2 Å². The molecule has 27 heavy (non-hydrogen) atoms. The number of benzene rings is 2. The van der Waals surface area contributed by atoms with Crippen LogP contribution in [0.15, 0.2) is 42.5 Å². The van der Waals surface area contributed by atoms with Gasteiger partial charge in [-0.2, -0.15) is 0 Å². The predicted octanol–water partition coefficient (Wildman–Crippen LogP) is 2.22. The van der Waals surface area contributed by atoms with Crippen LogP contribution >= 0.6 is 0 Å². The van der Waals surface area contributed by atoms with Gasteiger partial charge in [-0.25, -0.2) is 0 Å². The Hall–Kier alpha value is -3.61. The number of rotatable bonds is 7. The molecule has 0 atom stereocenters. The molecule has 3 aromatic rings. The number of aromatic nitrogens is 1. The third-order valence-electron chi connectivity index (χ3n) is 4.06. The molecular formula is C20H19N3O4. The van der Waals surface area contributed by atoms with E-state index in [1.807, 2.05) is 12.1 Å². The zero-order chi connectivity index (χ0) is 19.6. The Balaban J connectivity index is 1.89. The third-order valence-corrected chi connectivity index (χ3v) is 4.06. The maximum absolute atomic E-state index is 11.8. The van der Waals surface area contributed by atoms with Crippen LogP contribution in [0.3, 0.4) is 0 Å². The van der Waals surface area contributed by atoms with Crippen molar-refractivity contribution in [3.8, 4) is 11.5 Å². The van der Waals surface area contributed by atoms with Crippen LogP contribution in [-0.2, 0) is 22.4 Å². The number of fused-ring (bicyclic) bond motifs is 1. The summed E-state index contributed by atoms with van der Waals surface area (Å²) in [6.07, 6.45) is 0.272. The smallest absolute Gasteiger partial charge is 0.251 e. The van der Waals surface area contributed by atoms with E-state index >= 15 is 0 Å². The molecule has 3 rings (SSSR count). The Morgan fingerprint density at radius 1 is 0.963 bits per heavy atom. The van der Waals surface area contributed by atoms with Crippen LogP contribution in [0.4, 0.5) is 0 Å². The Morgan fingerprint density at radius 2 is 1.63 bits per heavy atom. The monoisotopic (exact) mass is 365 g/mol. The van der Waals surface area contributed by atoms with Gasteiger partial charge >= 0.3 is 0 Å². The number of hydrogen-bond donors (Lipinski definition) is 3. The van der Waals surface area contributed by atoms with E-state index in [-0.39, 0.29) is 17.8 Å². The second kappa shape index (κ2) is 7.33. The normalized spacial score (nSPS) is 10.7. The van der Waals surface area contributed by atoms with Gasteiger partial charge in [0.2, 0.25) is 5.91 Å². The lowest BCUT2D eigenvalue weighted by Crippen LogP contribution is -2.18. The van der Waals surface area contributed by atoms with Gasteiger partial charge in [0.05, 0.1) is 17.5 Å². The van der Waals surface area contributed by atoms with E-state index in [0.717, 1.165) is 5.56 Å². The minimum atomic E-state index is -0.632. The molecule has 0 saturated carbocycles. The van der Waals surface area contributed by atoms with Gasteiger partial charge in [-0.1, -0.05) is 12.1 Å². The molecule has 5 N–H and O–H groups in total. The van der Waals surface area contributed by atoms with E-state index in [1.165, 1.54) is 0 Å². The van der Waals surface area contributed by atoms with E-state index in [2.05, 4.69) is 4.98 Å². The number of hydrogen-bond acceptors (Lipinski definition) is 4. The number of Topliss-reactive ketones (excluding diaryl/α,β-unsaturated/α-hetero) is 1. The van der Waals surface area contributed by atoms with Crippen molar-refractivity contribution in [3.05, 3.63) is 59.3 Å². The van der Waals surface area contributed by atoms with Crippen molar-refractivity contribution in [2.24, 2.45) is 11.5 Å². The Kier molecular flexibility index (Phi) is 4.94. The van der Waals surface area contributed by atoms with Crippen LogP contribution in [-0.4, -0.2) is 22.6 Å². The first-order valence-electron chi connectivity index (χ1n) is 8.32. The minimum absolute atomic E-state index is 0.0953. The fourth-order valence-electron chi connectivity index (χ4n) is 2.98. The van der Waals surface area contributed by atoms with E-state index in [9.17, 15) is 14.4 Å². The van der Waals surface area contributed by atoms with Crippen LogP contribution in [0.2, 0.25) is 0 Å². The lowest BCUT2D eigenvalue weighted by atomic mass is 10.1. The molecule has 0 aliphatic heterocycles. The first kappa shape index (κ1) is 18.2. The molecule has 0 aliphatic rings. The van der Waals surface area contributed by atoms with Gasteiger partial charge in [0.15, 0.2) is 0 Å². The van der Waals surface area contributed by atoms with Gasteiger partial charge in [0.1, 0.15) is 17.3 Å². The number of H-pyrrole nitrogens is 1. The summed E-state index contributed by atoms with van der Waals surface area (Å²) in [7, 11) is 0. The zero-order valence-electron chi connectivity index (χ0n) is 14.7. The maximum Gasteiger partial charge on any atom is 0.251 e. The van der Waals surface area contributed by atoms with E-state index in [1.54, 1.807) is 37.3 Å². The van der Waals surface area contributed by atoms with Crippen LogP contribution in [0, 0.1) is 0 Å². The molecule has 0 fully saturated rings. The third kappa shape index (κ3) is 4.14. The number of nitrogens with two attached hydrogens (primary N) is 2. The maximum atomic E-state index is 11.8. The van der Waals surface area contributed by atoms with Crippen molar-refractivity contribution in [3.63, 3.8) is 0 Å². The summed E-state index contributed by atoms with van der Waals surface area (Å²) in [4.78, 5) is 37.2. The summed E-state index contributed by atoms with van der Waals surface area (Å²) < 4.78 is 5.82. The molecule has 1 aromatic heterocycles. The van der Waals surface area contributed by atoms with E-state index < -0.39 is 11.8 Å². The van der Waals surface area contributed by atoms with E-state index in [0.29, 0.717) is 34.5 Å². The van der Waals surface area contributed by atoms with Crippen LogP contribution in [0.1, 0.15) is 28.5 Å². The summed E-state index contributed by atoms with van der Waals surface area (Å²) in [6.45, 7) is 1.54. The number of ether oxygens (including phenoxy) is 1. The lowest BCUT2D eigenvalue weighted by molar-refractivity contribution is -0.117. The topological polar surface area (TPSA) is 128 Å². The molecule has 0 unspecified atom stereocenters. The quantitative estimate of drug-likeness (QED) is 0.593. The highest BCUT2D eigenvalue weighted by Gasteiger charge is 2.18. The second-order valence-corrected chi connectivity index (χ2v) is 6.32. The highest BCUT2D eigenvalue weighted by atomic mass is 16.5. The van der Waals surface area contributed by atoms with Crippen molar-refractivity contribution in [1.29, 1.82) is 0 Å². The van der Waals surface area contributed by atoms with Crippen molar-refractivity contribution in [2.75, 3.05) is 0 Å². The average molecular weight is 365 g/mol. The zero-order valence-corrected chi connectivity index (χ0v) is 14.7. The largest absolute Gasteiger partial charge is 0.457 e.